The molecule has 0 bridgehead atoms. The third-order valence-electron chi connectivity index (χ3n) is 3.88. The quantitative estimate of drug-likeness (QED) is 0.755. The molecular weight excluding hydrogens is 200 g/mol. The lowest BCUT2D eigenvalue weighted by Gasteiger charge is -2.32. The van der Waals surface area contributed by atoms with Crippen molar-refractivity contribution in [3.63, 3.8) is 0 Å². The molecule has 0 aliphatic heterocycles. The third kappa shape index (κ3) is 3.78. The second-order valence-electron chi connectivity index (χ2n) is 5.28. The first-order chi connectivity index (χ1) is 7.61. The van der Waals surface area contributed by atoms with E-state index in [1.807, 2.05) is 0 Å². The number of rotatable bonds is 5. The first-order valence-electron chi connectivity index (χ1n) is 6.63. The molecule has 3 heteroatoms. The van der Waals surface area contributed by atoms with Crippen LogP contribution in [0.4, 0.5) is 0 Å². The highest BCUT2D eigenvalue weighted by Gasteiger charge is 2.28. The second kappa shape index (κ2) is 6.24. The van der Waals surface area contributed by atoms with Gasteiger partial charge in [0.15, 0.2) is 0 Å². The average Bonchev–Trinajstić information content (AvgIpc) is 2.30. The number of amides is 1. The predicted molar refractivity (Wildman–Crippen MR) is 67.1 cm³/mol. The van der Waals surface area contributed by atoms with Crippen LogP contribution in [-0.4, -0.2) is 18.0 Å². The summed E-state index contributed by atoms with van der Waals surface area (Å²) in [6, 6.07) is 0. The topological polar surface area (TPSA) is 55.1 Å². The third-order valence-corrected chi connectivity index (χ3v) is 3.88. The minimum atomic E-state index is -0.108. The maximum atomic E-state index is 12.1. The summed E-state index contributed by atoms with van der Waals surface area (Å²) in [6.45, 7) is 4.84. The first-order valence-corrected chi connectivity index (χ1v) is 6.63. The van der Waals surface area contributed by atoms with Crippen LogP contribution in [0.15, 0.2) is 0 Å². The molecule has 1 saturated carbocycles. The van der Waals surface area contributed by atoms with Crippen LogP contribution in [0.3, 0.4) is 0 Å². The summed E-state index contributed by atoms with van der Waals surface area (Å²) in [4.78, 5) is 12.1. The molecule has 1 aliphatic carbocycles. The van der Waals surface area contributed by atoms with E-state index in [2.05, 4.69) is 19.2 Å². The van der Waals surface area contributed by atoms with Gasteiger partial charge in [0.05, 0.1) is 0 Å². The smallest absolute Gasteiger partial charge is 0.223 e. The number of carbonyl (C=O) groups is 1. The van der Waals surface area contributed by atoms with Gasteiger partial charge in [-0.2, -0.15) is 0 Å². The lowest BCUT2D eigenvalue weighted by Crippen LogP contribution is -2.49. The van der Waals surface area contributed by atoms with E-state index in [0.717, 1.165) is 25.7 Å². The Balaban J connectivity index is 2.47. The van der Waals surface area contributed by atoms with Crippen molar-refractivity contribution in [2.45, 2.75) is 64.3 Å². The van der Waals surface area contributed by atoms with Gasteiger partial charge in [0.2, 0.25) is 5.91 Å². The zero-order valence-electron chi connectivity index (χ0n) is 10.7. The molecular formula is C13H26N2O. The Hall–Kier alpha value is -0.570. The van der Waals surface area contributed by atoms with Gasteiger partial charge in [-0.25, -0.2) is 0 Å². The number of hydrogen-bond donors (Lipinski definition) is 2. The van der Waals surface area contributed by atoms with E-state index in [4.69, 9.17) is 5.73 Å². The summed E-state index contributed by atoms with van der Waals surface area (Å²) in [5, 5.41) is 3.19. The highest BCUT2D eigenvalue weighted by Crippen LogP contribution is 2.25. The fourth-order valence-corrected chi connectivity index (χ4v) is 2.41. The Morgan fingerprint density at radius 1 is 1.38 bits per heavy atom. The van der Waals surface area contributed by atoms with E-state index in [-0.39, 0.29) is 17.4 Å². The van der Waals surface area contributed by atoms with E-state index in [1.165, 1.54) is 19.3 Å². The molecule has 1 atom stereocenters. The Bertz CT molecular complexity index is 224. The molecule has 3 nitrogen and oxygen atoms in total. The van der Waals surface area contributed by atoms with E-state index in [1.54, 1.807) is 0 Å². The van der Waals surface area contributed by atoms with Crippen molar-refractivity contribution < 1.29 is 4.79 Å². The van der Waals surface area contributed by atoms with Crippen LogP contribution in [0.25, 0.3) is 0 Å². The first kappa shape index (κ1) is 13.5. The van der Waals surface area contributed by atoms with Crippen LogP contribution in [0.5, 0.6) is 0 Å². The van der Waals surface area contributed by atoms with Crippen LogP contribution in [0.2, 0.25) is 0 Å². The average molecular weight is 226 g/mol. The van der Waals surface area contributed by atoms with Crippen LogP contribution in [0.1, 0.15) is 58.8 Å². The predicted octanol–water partition coefficient (Wildman–Crippen LogP) is 2.20. The van der Waals surface area contributed by atoms with Crippen LogP contribution in [0, 0.1) is 5.92 Å². The molecule has 1 amide bonds. The van der Waals surface area contributed by atoms with Gasteiger partial charge in [-0.1, -0.05) is 26.2 Å². The number of nitrogens with one attached hydrogen (secondary N) is 1. The Kier molecular flexibility index (Phi) is 5.26. The standard InChI is InChI=1S/C13H26N2O/c1-3-13(2,9-10-14)15-12(16)11-7-5-4-6-8-11/h11H,3-10,14H2,1-2H3,(H,15,16). The molecule has 0 aromatic heterocycles. The molecule has 0 aromatic rings. The van der Waals surface area contributed by atoms with Gasteiger partial charge in [-0.3, -0.25) is 4.79 Å². The summed E-state index contributed by atoms with van der Waals surface area (Å²) in [6.07, 6.45) is 7.64. The van der Waals surface area contributed by atoms with Crippen LogP contribution < -0.4 is 11.1 Å². The van der Waals surface area contributed by atoms with Gasteiger partial charge >= 0.3 is 0 Å². The fourth-order valence-electron chi connectivity index (χ4n) is 2.41. The second-order valence-corrected chi connectivity index (χ2v) is 5.28. The summed E-state index contributed by atoms with van der Waals surface area (Å²) in [5.74, 6) is 0.495. The van der Waals surface area contributed by atoms with E-state index >= 15 is 0 Å². The molecule has 0 aromatic carbocycles. The zero-order valence-corrected chi connectivity index (χ0v) is 10.7. The minimum Gasteiger partial charge on any atom is -0.351 e. The maximum absolute atomic E-state index is 12.1. The highest BCUT2D eigenvalue weighted by atomic mass is 16.2. The molecule has 0 heterocycles. The molecule has 1 aliphatic rings. The fraction of sp³-hybridized carbons (Fsp3) is 0.923. The summed E-state index contributed by atoms with van der Waals surface area (Å²) in [5.41, 5.74) is 5.49. The van der Waals surface area contributed by atoms with Gasteiger partial charge in [0.25, 0.3) is 0 Å². The lowest BCUT2D eigenvalue weighted by molar-refractivity contribution is -0.127. The normalized spacial score (nSPS) is 21.4. The number of carbonyl (C=O) groups excluding carboxylic acids is 1. The van der Waals surface area contributed by atoms with Gasteiger partial charge in [0.1, 0.15) is 0 Å². The molecule has 0 spiro atoms. The summed E-state index contributed by atoms with van der Waals surface area (Å²) in [7, 11) is 0. The van der Waals surface area contributed by atoms with Crippen LogP contribution >= 0.6 is 0 Å². The van der Waals surface area contributed by atoms with Gasteiger partial charge in [-0.05, 0) is 39.2 Å². The van der Waals surface area contributed by atoms with Gasteiger partial charge < -0.3 is 11.1 Å². The molecule has 1 fully saturated rings. The number of hydrogen-bond acceptors (Lipinski definition) is 2. The summed E-state index contributed by atoms with van der Waals surface area (Å²) >= 11 is 0. The molecule has 94 valence electrons. The maximum Gasteiger partial charge on any atom is 0.223 e. The van der Waals surface area contributed by atoms with Crippen molar-refractivity contribution in [1.29, 1.82) is 0 Å². The van der Waals surface area contributed by atoms with E-state index in [9.17, 15) is 4.79 Å². The molecule has 1 unspecified atom stereocenters. The molecule has 1 rings (SSSR count). The largest absolute Gasteiger partial charge is 0.351 e. The van der Waals surface area contributed by atoms with Crippen molar-refractivity contribution in [3.05, 3.63) is 0 Å². The molecule has 0 saturated heterocycles. The molecule has 16 heavy (non-hydrogen) atoms. The molecule has 3 N–H and O–H groups in total. The van der Waals surface area contributed by atoms with Crippen molar-refractivity contribution in [2.75, 3.05) is 6.54 Å². The highest BCUT2D eigenvalue weighted by molar-refractivity contribution is 5.79. The summed E-state index contributed by atoms with van der Waals surface area (Å²) < 4.78 is 0. The van der Waals surface area contributed by atoms with Crippen molar-refractivity contribution in [1.82, 2.24) is 5.32 Å². The Morgan fingerprint density at radius 3 is 2.50 bits per heavy atom. The monoisotopic (exact) mass is 226 g/mol. The van der Waals surface area contributed by atoms with Gasteiger partial charge in [0, 0.05) is 11.5 Å². The lowest BCUT2D eigenvalue weighted by atomic mass is 9.87. The van der Waals surface area contributed by atoms with E-state index in [0.29, 0.717) is 6.54 Å². The Labute approximate surface area is 99.2 Å². The zero-order chi connectivity index (χ0) is 12.0. The van der Waals surface area contributed by atoms with Crippen molar-refractivity contribution >= 4 is 5.91 Å². The van der Waals surface area contributed by atoms with E-state index < -0.39 is 0 Å². The van der Waals surface area contributed by atoms with Crippen molar-refractivity contribution in [3.8, 4) is 0 Å². The SMILES string of the molecule is CCC(C)(CCN)NC(=O)C1CCCCC1. The minimum absolute atomic E-state index is 0.108. The number of nitrogens with two attached hydrogens (primary N) is 1. The van der Waals surface area contributed by atoms with Crippen LogP contribution in [-0.2, 0) is 4.79 Å². The molecule has 0 radical (unpaired) electrons. The Morgan fingerprint density at radius 2 is 2.00 bits per heavy atom. The van der Waals surface area contributed by atoms with Crippen molar-refractivity contribution in [2.24, 2.45) is 11.7 Å². The van der Waals surface area contributed by atoms with Gasteiger partial charge in [-0.15, -0.1) is 0 Å².